The maximum Gasteiger partial charge on any atom is 0.322 e. The van der Waals surface area contributed by atoms with Crippen LogP contribution in [-0.2, 0) is 26.0 Å². The first-order valence-corrected chi connectivity index (χ1v) is 15.9. The van der Waals surface area contributed by atoms with Gasteiger partial charge in [-0.2, -0.15) is 4.31 Å². The van der Waals surface area contributed by atoms with Gasteiger partial charge in [-0.15, -0.1) is 0 Å². The number of hydrogen-bond acceptors (Lipinski definition) is 5. The number of rotatable bonds is 17. The molecule has 232 valence electrons. The molecule has 0 spiro atoms. The van der Waals surface area contributed by atoms with Crippen molar-refractivity contribution in [3.63, 3.8) is 0 Å². The summed E-state index contributed by atoms with van der Waals surface area (Å²) in [6.45, 7) is 10.3. The molecule has 2 rings (SSSR count). The minimum Gasteiger partial charge on any atom is -0.480 e. The Morgan fingerprint density at radius 3 is 2.10 bits per heavy atom. The minimum atomic E-state index is -4.04. The normalized spacial score (nSPS) is 13.1. The lowest BCUT2D eigenvalue weighted by Crippen LogP contribution is -2.51. The van der Waals surface area contributed by atoms with Crippen molar-refractivity contribution in [1.29, 1.82) is 0 Å². The number of aryl methyl sites for hydroxylation is 1. The van der Waals surface area contributed by atoms with E-state index in [-0.39, 0.29) is 42.1 Å². The van der Waals surface area contributed by atoms with Crippen LogP contribution in [0.25, 0.3) is 0 Å². The van der Waals surface area contributed by atoms with Crippen LogP contribution in [-0.4, -0.2) is 67.5 Å². The zero-order chi connectivity index (χ0) is 31.3. The van der Waals surface area contributed by atoms with Gasteiger partial charge in [0.25, 0.3) is 0 Å². The molecule has 2 atom stereocenters. The van der Waals surface area contributed by atoms with Crippen LogP contribution in [0.5, 0.6) is 0 Å². The highest BCUT2D eigenvalue weighted by Gasteiger charge is 2.36. The molecule has 0 heterocycles. The highest BCUT2D eigenvalue weighted by molar-refractivity contribution is 7.89. The number of benzene rings is 2. The fraction of sp³-hybridized carbons (Fsp3) is 0.516. The zero-order valence-electron chi connectivity index (χ0n) is 25.3. The van der Waals surface area contributed by atoms with Gasteiger partial charge in [0.2, 0.25) is 15.9 Å². The van der Waals surface area contributed by atoms with Gasteiger partial charge in [-0.05, 0) is 55.7 Å². The summed E-state index contributed by atoms with van der Waals surface area (Å²) < 4.78 is 28.0. The molecule has 4 N–H and O–H groups in total. The summed E-state index contributed by atoms with van der Waals surface area (Å²) in [5.74, 6) is -1.31. The van der Waals surface area contributed by atoms with Gasteiger partial charge in [0.15, 0.2) is 0 Å². The fourth-order valence-electron chi connectivity index (χ4n) is 4.35. The molecular formula is C31H46N4O6S. The summed E-state index contributed by atoms with van der Waals surface area (Å²) in [5, 5.41) is 18.3. The average molecular weight is 603 g/mol. The Balaban J connectivity index is 1.98. The second-order valence-corrected chi connectivity index (χ2v) is 13.3. The Morgan fingerprint density at radius 1 is 0.881 bits per heavy atom. The Labute approximate surface area is 250 Å². The number of carbonyl (C=O) groups excluding carboxylic acids is 2. The Kier molecular flexibility index (Phi) is 14.0. The van der Waals surface area contributed by atoms with E-state index >= 15 is 0 Å². The van der Waals surface area contributed by atoms with Crippen molar-refractivity contribution in [3.8, 4) is 0 Å². The largest absolute Gasteiger partial charge is 0.480 e. The number of carboxylic acid groups (broad SMARTS) is 1. The molecule has 0 saturated carbocycles. The number of aliphatic carboxylic acids is 1. The molecule has 0 bridgehead atoms. The number of unbranched alkanes of at least 4 members (excludes halogenated alkanes) is 1. The number of hydrogen-bond donors (Lipinski definition) is 4. The monoisotopic (exact) mass is 602 g/mol. The minimum absolute atomic E-state index is 0.0563. The van der Waals surface area contributed by atoms with E-state index in [1.165, 1.54) is 12.1 Å². The second kappa shape index (κ2) is 16.9. The van der Waals surface area contributed by atoms with Crippen LogP contribution in [0.3, 0.4) is 0 Å². The molecule has 0 fully saturated rings. The lowest BCUT2D eigenvalue weighted by atomic mass is 10.1. The molecule has 3 amide bonds. The molecule has 0 unspecified atom stereocenters. The van der Waals surface area contributed by atoms with Crippen molar-refractivity contribution in [2.75, 3.05) is 19.6 Å². The van der Waals surface area contributed by atoms with Gasteiger partial charge in [0, 0.05) is 26.1 Å². The van der Waals surface area contributed by atoms with Crippen LogP contribution in [0.15, 0.2) is 59.5 Å². The second-order valence-electron chi connectivity index (χ2n) is 11.4. The van der Waals surface area contributed by atoms with E-state index < -0.39 is 34.1 Å². The number of carbonyl (C=O) groups is 3. The number of carboxylic acids is 1. The third-order valence-corrected chi connectivity index (χ3v) is 8.47. The molecule has 0 aromatic heterocycles. The van der Waals surface area contributed by atoms with Gasteiger partial charge < -0.3 is 21.1 Å². The topological polar surface area (TPSA) is 145 Å². The Bertz CT molecular complexity index is 1250. The lowest BCUT2D eigenvalue weighted by molar-refractivity contribution is -0.141. The van der Waals surface area contributed by atoms with E-state index in [9.17, 15) is 27.9 Å². The summed E-state index contributed by atoms with van der Waals surface area (Å²) >= 11 is 0. The van der Waals surface area contributed by atoms with E-state index in [0.29, 0.717) is 25.8 Å². The maximum atomic E-state index is 13.4. The number of sulfonamides is 1. The van der Waals surface area contributed by atoms with Crippen LogP contribution in [0, 0.1) is 18.8 Å². The number of amides is 3. The zero-order valence-corrected chi connectivity index (χ0v) is 26.1. The third kappa shape index (κ3) is 11.4. The average Bonchev–Trinajstić information content (AvgIpc) is 2.92. The molecule has 11 heteroatoms. The first-order valence-electron chi connectivity index (χ1n) is 14.5. The van der Waals surface area contributed by atoms with Crippen LogP contribution in [0.4, 0.5) is 4.79 Å². The molecule has 0 radical (unpaired) electrons. The van der Waals surface area contributed by atoms with Crippen molar-refractivity contribution in [1.82, 2.24) is 20.3 Å². The van der Waals surface area contributed by atoms with Crippen molar-refractivity contribution in [2.45, 2.75) is 77.3 Å². The first kappa shape index (κ1) is 34.8. The van der Waals surface area contributed by atoms with Crippen LogP contribution < -0.4 is 16.0 Å². The van der Waals surface area contributed by atoms with Crippen LogP contribution in [0.2, 0.25) is 0 Å². The van der Waals surface area contributed by atoms with Gasteiger partial charge in [0.1, 0.15) is 12.1 Å². The third-order valence-electron chi connectivity index (χ3n) is 6.58. The maximum absolute atomic E-state index is 13.4. The summed E-state index contributed by atoms with van der Waals surface area (Å²) in [6, 6.07) is 13.3. The van der Waals surface area contributed by atoms with E-state index in [1.807, 2.05) is 65.0 Å². The molecule has 0 aliphatic heterocycles. The fourth-order valence-corrected chi connectivity index (χ4v) is 6.13. The summed E-state index contributed by atoms with van der Waals surface area (Å²) in [5.41, 5.74) is 1.81. The Morgan fingerprint density at radius 2 is 1.52 bits per heavy atom. The van der Waals surface area contributed by atoms with Gasteiger partial charge in [-0.1, -0.05) is 75.7 Å². The highest BCUT2D eigenvalue weighted by Crippen LogP contribution is 2.23. The lowest BCUT2D eigenvalue weighted by Gasteiger charge is -2.29. The van der Waals surface area contributed by atoms with E-state index in [2.05, 4.69) is 16.0 Å². The van der Waals surface area contributed by atoms with Gasteiger partial charge in [-0.25, -0.2) is 13.2 Å². The van der Waals surface area contributed by atoms with E-state index in [1.54, 1.807) is 12.1 Å². The SMILES string of the molecule is Cc1ccc(S(=O)(=O)N(CC(C)C)[C@@H](CCCCNC(=O)N[C@@H](Cc2ccccc2)C(=O)NCC(C)C)C(=O)O)cc1. The molecule has 2 aromatic carbocycles. The predicted molar refractivity (Wildman–Crippen MR) is 163 cm³/mol. The van der Waals surface area contributed by atoms with Crippen molar-refractivity contribution >= 4 is 27.9 Å². The predicted octanol–water partition coefficient (Wildman–Crippen LogP) is 3.95. The van der Waals surface area contributed by atoms with Crippen molar-refractivity contribution in [2.24, 2.45) is 11.8 Å². The molecule has 0 aliphatic rings. The van der Waals surface area contributed by atoms with Gasteiger partial charge in [-0.3, -0.25) is 9.59 Å². The Hall–Kier alpha value is -3.44. The smallest absolute Gasteiger partial charge is 0.322 e. The summed E-state index contributed by atoms with van der Waals surface area (Å²) in [7, 11) is -4.04. The number of nitrogens with one attached hydrogen (secondary N) is 3. The summed E-state index contributed by atoms with van der Waals surface area (Å²) in [6.07, 6.45) is 1.22. The van der Waals surface area contributed by atoms with Gasteiger partial charge in [0.05, 0.1) is 4.90 Å². The van der Waals surface area contributed by atoms with Crippen LogP contribution in [0.1, 0.15) is 58.1 Å². The molecule has 0 saturated heterocycles. The standard InChI is InChI=1S/C31H46N4O6S/c1-22(2)20-33-29(36)27(19-25-11-7-6-8-12-25)34-31(39)32-18-10-9-13-28(30(37)38)35(21-23(3)4)42(40,41)26-16-14-24(5)15-17-26/h6-8,11-12,14-17,22-23,27-28H,9-10,13,18-21H2,1-5H3,(H,33,36)(H,37,38)(H2,32,34,39)/t27-,28-/m0/s1. The van der Waals surface area contributed by atoms with E-state index in [0.717, 1.165) is 15.4 Å². The quantitative estimate of drug-likeness (QED) is 0.202. The highest BCUT2D eigenvalue weighted by atomic mass is 32.2. The van der Waals surface area contributed by atoms with Crippen molar-refractivity contribution in [3.05, 3.63) is 65.7 Å². The molecular weight excluding hydrogens is 556 g/mol. The van der Waals surface area contributed by atoms with Gasteiger partial charge >= 0.3 is 12.0 Å². The van der Waals surface area contributed by atoms with E-state index in [4.69, 9.17) is 0 Å². The number of nitrogens with zero attached hydrogens (tertiary/aromatic N) is 1. The molecule has 10 nitrogen and oxygen atoms in total. The molecule has 0 aliphatic carbocycles. The molecule has 2 aromatic rings. The molecule has 42 heavy (non-hydrogen) atoms. The number of urea groups is 1. The van der Waals surface area contributed by atoms with Crippen LogP contribution >= 0.6 is 0 Å². The first-order chi connectivity index (χ1) is 19.8. The van der Waals surface area contributed by atoms with Crippen molar-refractivity contribution < 1.29 is 27.9 Å². The summed E-state index contributed by atoms with van der Waals surface area (Å²) in [4.78, 5) is 37.7.